The molecule has 5 nitrogen and oxygen atoms in total. The lowest BCUT2D eigenvalue weighted by molar-refractivity contribution is -0.134. The summed E-state index contributed by atoms with van der Waals surface area (Å²) < 4.78 is 6.30. The van der Waals surface area contributed by atoms with Crippen LogP contribution in [-0.4, -0.2) is 66.1 Å². The second kappa shape index (κ2) is 7.80. The molecule has 2 aliphatic heterocycles. The number of rotatable bonds is 4. The van der Waals surface area contributed by atoms with Gasteiger partial charge in [0.15, 0.2) is 0 Å². The predicted molar refractivity (Wildman–Crippen MR) is 103 cm³/mol. The number of aromatic nitrogens is 1. The zero-order valence-electron chi connectivity index (χ0n) is 15.6. The Labute approximate surface area is 155 Å². The van der Waals surface area contributed by atoms with Crippen molar-refractivity contribution in [1.82, 2.24) is 14.8 Å². The molecule has 0 bridgehead atoms. The Kier molecular flexibility index (Phi) is 5.27. The van der Waals surface area contributed by atoms with E-state index in [4.69, 9.17) is 4.74 Å². The second-order valence-electron chi connectivity index (χ2n) is 7.76. The molecule has 0 saturated carbocycles. The van der Waals surface area contributed by atoms with Gasteiger partial charge in [-0.25, -0.2) is 0 Å². The lowest BCUT2D eigenvalue weighted by atomic mass is 10.0. The minimum Gasteiger partial charge on any atom is -0.375 e. The molecule has 26 heavy (non-hydrogen) atoms. The first-order valence-corrected chi connectivity index (χ1v) is 9.86. The molecule has 0 aliphatic carbocycles. The third-order valence-electron chi connectivity index (χ3n) is 5.86. The van der Waals surface area contributed by atoms with Gasteiger partial charge in [0, 0.05) is 43.3 Å². The smallest absolute Gasteiger partial charge is 0.227 e. The Bertz CT molecular complexity index is 741. The summed E-state index contributed by atoms with van der Waals surface area (Å²) in [5.74, 6) is 0.229. The van der Waals surface area contributed by atoms with Gasteiger partial charge in [-0.3, -0.25) is 4.79 Å². The van der Waals surface area contributed by atoms with Crippen LogP contribution in [0.5, 0.6) is 0 Å². The van der Waals surface area contributed by atoms with Crippen LogP contribution < -0.4 is 0 Å². The standard InChI is InChI=1S/C21H29N3O2/c1-23-10-6-17(7-11-23)26-18-8-12-24(13-9-18)21(25)14-16-15-22-20-5-3-2-4-19(16)20/h2-5,15,17-18,22H,6-14H2,1H3. The van der Waals surface area contributed by atoms with Crippen LogP contribution >= 0.6 is 0 Å². The van der Waals surface area contributed by atoms with Crippen LogP contribution in [0.15, 0.2) is 30.5 Å². The maximum Gasteiger partial charge on any atom is 0.227 e. The van der Waals surface area contributed by atoms with Gasteiger partial charge in [0.25, 0.3) is 0 Å². The van der Waals surface area contributed by atoms with E-state index in [-0.39, 0.29) is 5.91 Å². The summed E-state index contributed by atoms with van der Waals surface area (Å²) in [6, 6.07) is 8.17. The normalized spacial score (nSPS) is 20.7. The molecule has 5 heteroatoms. The number of fused-ring (bicyclic) bond motifs is 1. The first-order valence-electron chi connectivity index (χ1n) is 9.86. The summed E-state index contributed by atoms with van der Waals surface area (Å²) in [5.41, 5.74) is 2.19. The fourth-order valence-corrected chi connectivity index (χ4v) is 4.19. The molecule has 140 valence electrons. The Morgan fingerprint density at radius 1 is 1.08 bits per heavy atom. The van der Waals surface area contributed by atoms with E-state index in [1.807, 2.05) is 23.2 Å². The van der Waals surface area contributed by atoms with Crippen molar-refractivity contribution in [2.24, 2.45) is 0 Å². The van der Waals surface area contributed by atoms with Gasteiger partial charge in [-0.1, -0.05) is 18.2 Å². The van der Waals surface area contributed by atoms with Crippen LogP contribution in [0.1, 0.15) is 31.2 Å². The van der Waals surface area contributed by atoms with Gasteiger partial charge in [0.2, 0.25) is 5.91 Å². The third-order valence-corrected chi connectivity index (χ3v) is 5.86. The van der Waals surface area contributed by atoms with Crippen molar-refractivity contribution in [3.8, 4) is 0 Å². The SMILES string of the molecule is CN1CCC(OC2CCN(C(=O)Cc3c[nH]c4ccccc34)CC2)CC1. The van der Waals surface area contributed by atoms with Crippen LogP contribution in [0.3, 0.4) is 0 Å². The molecule has 1 amide bonds. The fourth-order valence-electron chi connectivity index (χ4n) is 4.19. The van der Waals surface area contributed by atoms with Gasteiger partial charge >= 0.3 is 0 Å². The van der Waals surface area contributed by atoms with Crippen LogP contribution in [0.25, 0.3) is 10.9 Å². The molecule has 0 spiro atoms. The minimum absolute atomic E-state index is 0.229. The average Bonchev–Trinajstić information content (AvgIpc) is 3.07. The Morgan fingerprint density at radius 2 is 1.73 bits per heavy atom. The van der Waals surface area contributed by atoms with E-state index in [0.717, 1.165) is 68.3 Å². The number of para-hydroxylation sites is 1. The Morgan fingerprint density at radius 3 is 2.46 bits per heavy atom. The second-order valence-corrected chi connectivity index (χ2v) is 7.76. The van der Waals surface area contributed by atoms with Gasteiger partial charge in [0.05, 0.1) is 18.6 Å². The maximum atomic E-state index is 12.7. The van der Waals surface area contributed by atoms with E-state index in [9.17, 15) is 4.79 Å². The number of hydrogen-bond donors (Lipinski definition) is 1. The van der Waals surface area contributed by atoms with Gasteiger partial charge in [-0.15, -0.1) is 0 Å². The largest absolute Gasteiger partial charge is 0.375 e. The number of nitrogens with zero attached hydrogens (tertiary/aromatic N) is 2. The third kappa shape index (κ3) is 3.94. The molecule has 4 rings (SSSR count). The maximum absolute atomic E-state index is 12.7. The summed E-state index contributed by atoms with van der Waals surface area (Å²) in [6.07, 6.45) is 7.37. The van der Waals surface area contributed by atoms with Gasteiger partial charge in [-0.05, 0) is 44.4 Å². The minimum atomic E-state index is 0.229. The molecule has 2 fully saturated rings. The number of benzene rings is 1. The van der Waals surface area contributed by atoms with E-state index in [1.165, 1.54) is 0 Å². The highest BCUT2D eigenvalue weighted by Gasteiger charge is 2.27. The van der Waals surface area contributed by atoms with Crippen LogP contribution in [-0.2, 0) is 16.0 Å². The fraction of sp³-hybridized carbons (Fsp3) is 0.571. The number of amides is 1. The van der Waals surface area contributed by atoms with E-state index >= 15 is 0 Å². The van der Waals surface area contributed by atoms with Crippen LogP contribution in [0.4, 0.5) is 0 Å². The number of piperidine rings is 2. The van der Waals surface area contributed by atoms with Crippen molar-refractivity contribution in [3.63, 3.8) is 0 Å². The summed E-state index contributed by atoms with van der Waals surface area (Å²) in [7, 11) is 2.17. The van der Waals surface area contributed by atoms with Crippen LogP contribution in [0.2, 0.25) is 0 Å². The molecule has 0 unspecified atom stereocenters. The van der Waals surface area contributed by atoms with Gasteiger partial charge in [-0.2, -0.15) is 0 Å². The number of carbonyl (C=O) groups excluding carboxylic acids is 1. The summed E-state index contributed by atoms with van der Waals surface area (Å²) in [6.45, 7) is 3.90. The lowest BCUT2D eigenvalue weighted by Gasteiger charge is -2.36. The summed E-state index contributed by atoms with van der Waals surface area (Å²) >= 11 is 0. The quantitative estimate of drug-likeness (QED) is 0.917. The van der Waals surface area contributed by atoms with E-state index in [0.29, 0.717) is 18.6 Å². The van der Waals surface area contributed by atoms with Crippen LogP contribution in [0, 0.1) is 0 Å². The average molecular weight is 355 g/mol. The van der Waals surface area contributed by atoms with E-state index < -0.39 is 0 Å². The molecule has 2 aromatic rings. The molecule has 0 radical (unpaired) electrons. The van der Waals surface area contributed by atoms with E-state index in [2.05, 4.69) is 29.1 Å². The number of ether oxygens (including phenoxy) is 1. The highest BCUT2D eigenvalue weighted by Crippen LogP contribution is 2.22. The zero-order chi connectivity index (χ0) is 17.9. The number of likely N-dealkylation sites (tertiary alicyclic amines) is 2. The van der Waals surface area contributed by atoms with Gasteiger partial charge < -0.3 is 19.5 Å². The molecule has 1 aromatic carbocycles. The van der Waals surface area contributed by atoms with Gasteiger partial charge in [0.1, 0.15) is 0 Å². The Hall–Kier alpha value is -1.85. The first-order chi connectivity index (χ1) is 12.7. The summed E-state index contributed by atoms with van der Waals surface area (Å²) in [4.78, 5) is 20.3. The summed E-state index contributed by atoms with van der Waals surface area (Å²) in [5, 5.41) is 1.15. The predicted octanol–water partition coefficient (Wildman–Crippen LogP) is 2.81. The molecular formula is C21H29N3O2. The highest BCUT2D eigenvalue weighted by atomic mass is 16.5. The number of hydrogen-bond acceptors (Lipinski definition) is 3. The number of H-pyrrole nitrogens is 1. The molecular weight excluding hydrogens is 326 g/mol. The van der Waals surface area contributed by atoms with Crippen molar-refractivity contribution in [3.05, 3.63) is 36.0 Å². The van der Waals surface area contributed by atoms with Crippen molar-refractivity contribution in [2.45, 2.75) is 44.3 Å². The molecule has 3 heterocycles. The topological polar surface area (TPSA) is 48.6 Å². The number of carbonyl (C=O) groups is 1. The lowest BCUT2D eigenvalue weighted by Crippen LogP contribution is -2.43. The molecule has 0 atom stereocenters. The van der Waals surface area contributed by atoms with Crippen molar-refractivity contribution < 1.29 is 9.53 Å². The molecule has 1 N–H and O–H groups in total. The molecule has 2 aliphatic rings. The number of aromatic amines is 1. The zero-order valence-corrected chi connectivity index (χ0v) is 15.6. The molecule has 1 aromatic heterocycles. The van der Waals surface area contributed by atoms with E-state index in [1.54, 1.807) is 0 Å². The first kappa shape index (κ1) is 17.6. The van der Waals surface area contributed by atoms with Crippen molar-refractivity contribution in [1.29, 1.82) is 0 Å². The Balaban J connectivity index is 1.27. The highest BCUT2D eigenvalue weighted by molar-refractivity contribution is 5.88. The number of nitrogens with one attached hydrogen (secondary N) is 1. The molecule has 2 saturated heterocycles. The monoisotopic (exact) mass is 355 g/mol. The van der Waals surface area contributed by atoms with Crippen molar-refractivity contribution in [2.75, 3.05) is 33.2 Å². The van der Waals surface area contributed by atoms with Crippen molar-refractivity contribution >= 4 is 16.8 Å².